The quantitative estimate of drug-likeness (QED) is 0.290. The van der Waals surface area contributed by atoms with Crippen LogP contribution in [0.15, 0.2) is 89.9 Å². The zero-order chi connectivity index (χ0) is 22.4. The third-order valence-corrected chi connectivity index (χ3v) is 5.86. The first-order chi connectivity index (χ1) is 16.2. The van der Waals surface area contributed by atoms with Crippen LogP contribution in [-0.2, 0) is 16.1 Å². The smallest absolute Gasteiger partial charge is 0.344 e. The van der Waals surface area contributed by atoms with E-state index in [1.807, 2.05) is 72.8 Å². The van der Waals surface area contributed by atoms with Gasteiger partial charge in [-0.15, -0.1) is 0 Å². The average molecular weight is 434 g/mol. The highest BCUT2D eigenvalue weighted by Gasteiger charge is 2.18. The van der Waals surface area contributed by atoms with Gasteiger partial charge in [-0.2, -0.15) is 0 Å². The van der Waals surface area contributed by atoms with Gasteiger partial charge in [0.15, 0.2) is 6.61 Å². The van der Waals surface area contributed by atoms with Gasteiger partial charge < -0.3 is 9.47 Å². The topological polar surface area (TPSA) is 69.9 Å². The molecule has 160 valence electrons. The van der Waals surface area contributed by atoms with Crippen LogP contribution in [0.4, 0.5) is 0 Å². The molecule has 3 heterocycles. The van der Waals surface area contributed by atoms with Crippen molar-refractivity contribution in [1.82, 2.24) is 9.38 Å². The Bertz CT molecular complexity index is 1710. The predicted octanol–water partition coefficient (Wildman–Crippen LogP) is 4.71. The molecule has 0 unspecified atom stereocenters. The summed E-state index contributed by atoms with van der Waals surface area (Å²) in [5.41, 5.74) is 3.18. The molecule has 0 atom stereocenters. The van der Waals surface area contributed by atoms with Gasteiger partial charge in [-0.25, -0.2) is 4.79 Å². The average Bonchev–Trinajstić information content (AvgIpc) is 3.20. The van der Waals surface area contributed by atoms with E-state index in [4.69, 9.17) is 9.47 Å². The van der Waals surface area contributed by atoms with Crippen molar-refractivity contribution in [2.45, 2.75) is 6.61 Å². The Morgan fingerprint density at radius 2 is 1.64 bits per heavy atom. The molecule has 3 aromatic heterocycles. The summed E-state index contributed by atoms with van der Waals surface area (Å²) in [6, 6.07) is 24.4. The molecule has 3 aromatic carbocycles. The largest absolute Gasteiger partial charge is 0.482 e. The molecule has 6 heteroatoms. The van der Waals surface area contributed by atoms with E-state index in [0.29, 0.717) is 11.1 Å². The summed E-state index contributed by atoms with van der Waals surface area (Å²) in [6.45, 7) is 0.00215. The van der Waals surface area contributed by atoms with Crippen LogP contribution < -0.4 is 10.3 Å². The van der Waals surface area contributed by atoms with Crippen LogP contribution in [0.1, 0.15) is 5.56 Å². The van der Waals surface area contributed by atoms with Gasteiger partial charge in [-0.3, -0.25) is 14.2 Å². The maximum Gasteiger partial charge on any atom is 0.344 e. The number of ether oxygens (including phenoxy) is 2. The molecule has 0 amide bonds. The molecule has 0 fully saturated rings. The summed E-state index contributed by atoms with van der Waals surface area (Å²) in [7, 11) is 0. The van der Waals surface area contributed by atoms with Crippen molar-refractivity contribution in [1.29, 1.82) is 0 Å². The third-order valence-electron chi connectivity index (χ3n) is 5.86. The van der Waals surface area contributed by atoms with Gasteiger partial charge in [-0.05, 0) is 35.9 Å². The fourth-order valence-electron chi connectivity index (χ4n) is 4.36. The Kier molecular flexibility index (Phi) is 4.43. The van der Waals surface area contributed by atoms with Crippen LogP contribution in [0.3, 0.4) is 0 Å². The molecule has 0 bridgehead atoms. The predicted molar refractivity (Wildman–Crippen MR) is 127 cm³/mol. The maximum atomic E-state index is 13.3. The SMILES string of the molecule is O=C(COc1ccc2c(c1)c1ccnc3c4ccccc4c(=O)n2c13)OCc1ccccc1. The summed E-state index contributed by atoms with van der Waals surface area (Å²) in [4.78, 5) is 30.0. The fraction of sp³-hybridized carbons (Fsp3) is 0.0741. The van der Waals surface area contributed by atoms with Crippen molar-refractivity contribution < 1.29 is 14.3 Å². The lowest BCUT2D eigenvalue weighted by Gasteiger charge is -2.07. The Morgan fingerprint density at radius 1 is 0.848 bits per heavy atom. The summed E-state index contributed by atoms with van der Waals surface area (Å²) in [5, 5.41) is 3.24. The Labute approximate surface area is 188 Å². The highest BCUT2D eigenvalue weighted by atomic mass is 16.6. The molecule has 6 rings (SSSR count). The van der Waals surface area contributed by atoms with Crippen molar-refractivity contribution in [3.05, 3.63) is 101 Å². The van der Waals surface area contributed by atoms with Crippen LogP contribution >= 0.6 is 0 Å². The summed E-state index contributed by atoms with van der Waals surface area (Å²) < 4.78 is 12.7. The van der Waals surface area contributed by atoms with E-state index in [9.17, 15) is 9.59 Å². The van der Waals surface area contributed by atoms with Gasteiger partial charge in [0, 0.05) is 27.7 Å². The zero-order valence-corrected chi connectivity index (χ0v) is 17.5. The van der Waals surface area contributed by atoms with Crippen LogP contribution in [0.5, 0.6) is 5.75 Å². The van der Waals surface area contributed by atoms with Crippen LogP contribution in [0, 0.1) is 0 Å². The fourth-order valence-corrected chi connectivity index (χ4v) is 4.36. The second-order valence-corrected chi connectivity index (χ2v) is 7.86. The lowest BCUT2D eigenvalue weighted by Crippen LogP contribution is -2.14. The Morgan fingerprint density at radius 3 is 2.48 bits per heavy atom. The minimum Gasteiger partial charge on any atom is -0.482 e. The molecular weight excluding hydrogens is 416 g/mol. The van der Waals surface area contributed by atoms with Crippen LogP contribution in [0.2, 0.25) is 0 Å². The molecule has 0 radical (unpaired) electrons. The first kappa shape index (κ1) is 19.3. The molecule has 6 nitrogen and oxygen atoms in total. The van der Waals surface area contributed by atoms with Crippen molar-refractivity contribution in [2.75, 3.05) is 6.61 Å². The number of pyridine rings is 2. The van der Waals surface area contributed by atoms with E-state index in [1.54, 1.807) is 16.7 Å². The highest BCUT2D eigenvalue weighted by molar-refractivity contribution is 6.18. The molecule has 0 aliphatic heterocycles. The number of carbonyl (C=O) groups excluding carboxylic acids is 1. The van der Waals surface area contributed by atoms with E-state index in [2.05, 4.69) is 4.98 Å². The first-order valence-corrected chi connectivity index (χ1v) is 10.6. The Balaban J connectivity index is 1.36. The van der Waals surface area contributed by atoms with E-state index in [0.717, 1.165) is 38.3 Å². The van der Waals surface area contributed by atoms with Gasteiger partial charge in [0.2, 0.25) is 0 Å². The van der Waals surface area contributed by atoms with E-state index < -0.39 is 5.97 Å². The minimum atomic E-state index is -0.448. The number of benzene rings is 3. The van der Waals surface area contributed by atoms with Crippen molar-refractivity contribution in [3.8, 4) is 5.75 Å². The molecule has 0 saturated carbocycles. The molecule has 0 spiro atoms. The Hall–Kier alpha value is -4.45. The number of aromatic nitrogens is 2. The number of fused-ring (bicyclic) bond motifs is 5. The van der Waals surface area contributed by atoms with Gasteiger partial charge in [0.1, 0.15) is 12.4 Å². The summed E-state index contributed by atoms with van der Waals surface area (Å²) in [5.74, 6) is 0.0807. The lowest BCUT2D eigenvalue weighted by molar-refractivity contribution is -0.147. The molecule has 0 saturated heterocycles. The number of carbonyl (C=O) groups is 1. The minimum absolute atomic E-state index is 0.0794. The molecule has 33 heavy (non-hydrogen) atoms. The molecule has 6 aromatic rings. The summed E-state index contributed by atoms with van der Waals surface area (Å²) >= 11 is 0. The van der Waals surface area contributed by atoms with E-state index in [1.165, 1.54) is 0 Å². The lowest BCUT2D eigenvalue weighted by atomic mass is 10.1. The van der Waals surface area contributed by atoms with Crippen molar-refractivity contribution in [2.24, 2.45) is 0 Å². The second kappa shape index (κ2) is 7.60. The van der Waals surface area contributed by atoms with Gasteiger partial charge >= 0.3 is 5.97 Å². The normalized spacial score (nSPS) is 11.5. The second-order valence-electron chi connectivity index (χ2n) is 7.86. The van der Waals surface area contributed by atoms with E-state index >= 15 is 0 Å². The molecular formula is C27H18N2O4. The monoisotopic (exact) mass is 434 g/mol. The third kappa shape index (κ3) is 3.15. The van der Waals surface area contributed by atoms with Gasteiger partial charge in [0.05, 0.1) is 16.6 Å². The van der Waals surface area contributed by atoms with Crippen LogP contribution in [0.25, 0.3) is 38.1 Å². The number of hydrogen-bond acceptors (Lipinski definition) is 5. The molecule has 0 N–H and O–H groups in total. The number of hydrogen-bond donors (Lipinski definition) is 0. The molecule has 0 aliphatic carbocycles. The first-order valence-electron chi connectivity index (χ1n) is 10.6. The zero-order valence-electron chi connectivity index (χ0n) is 17.5. The van der Waals surface area contributed by atoms with Crippen LogP contribution in [-0.4, -0.2) is 22.0 Å². The number of esters is 1. The standard InChI is InChI=1S/C27H18N2O4/c30-24(33-15-17-6-2-1-3-7-17)16-32-18-10-11-23-22(14-18)20-12-13-28-25-19-8-4-5-9-21(19)27(31)29(23)26(20)25/h1-14H,15-16H2. The highest BCUT2D eigenvalue weighted by Crippen LogP contribution is 2.34. The van der Waals surface area contributed by atoms with Gasteiger partial charge in [-0.1, -0.05) is 48.5 Å². The number of nitrogens with zero attached hydrogens (tertiary/aromatic N) is 2. The summed E-state index contributed by atoms with van der Waals surface area (Å²) in [6.07, 6.45) is 1.75. The van der Waals surface area contributed by atoms with E-state index in [-0.39, 0.29) is 18.8 Å². The van der Waals surface area contributed by atoms with Crippen molar-refractivity contribution >= 4 is 44.1 Å². The van der Waals surface area contributed by atoms with Gasteiger partial charge in [0.25, 0.3) is 5.56 Å². The molecule has 0 aliphatic rings. The number of rotatable bonds is 5. The maximum absolute atomic E-state index is 13.3. The van der Waals surface area contributed by atoms with Crippen molar-refractivity contribution in [3.63, 3.8) is 0 Å².